The SMILES string of the molecule is NCCC1CCSCC1(F)F. The third-order valence-corrected chi connectivity index (χ3v) is 3.13. The first-order valence-electron chi connectivity index (χ1n) is 3.82. The van der Waals surface area contributed by atoms with E-state index in [9.17, 15) is 8.78 Å². The summed E-state index contributed by atoms with van der Waals surface area (Å²) < 4.78 is 26.0. The smallest absolute Gasteiger partial charge is 0.259 e. The largest absolute Gasteiger partial charge is 0.330 e. The van der Waals surface area contributed by atoms with E-state index in [1.54, 1.807) is 0 Å². The monoisotopic (exact) mass is 181 g/mol. The van der Waals surface area contributed by atoms with Crippen molar-refractivity contribution in [3.8, 4) is 0 Å². The van der Waals surface area contributed by atoms with Crippen LogP contribution in [0.4, 0.5) is 8.78 Å². The molecule has 1 aliphatic heterocycles. The van der Waals surface area contributed by atoms with E-state index < -0.39 is 11.8 Å². The lowest BCUT2D eigenvalue weighted by molar-refractivity contribution is -0.0411. The number of rotatable bonds is 2. The van der Waals surface area contributed by atoms with Crippen molar-refractivity contribution in [2.24, 2.45) is 11.7 Å². The molecule has 66 valence electrons. The van der Waals surface area contributed by atoms with Crippen molar-refractivity contribution in [1.82, 2.24) is 0 Å². The summed E-state index contributed by atoms with van der Waals surface area (Å²) in [5.74, 6) is -2.09. The second-order valence-corrected chi connectivity index (χ2v) is 3.98. The Kier molecular flexibility index (Phi) is 3.13. The Bertz CT molecular complexity index is 128. The first-order valence-corrected chi connectivity index (χ1v) is 4.98. The molecule has 1 heterocycles. The summed E-state index contributed by atoms with van der Waals surface area (Å²) in [5, 5.41) is 0. The van der Waals surface area contributed by atoms with Crippen LogP contribution in [0.3, 0.4) is 0 Å². The molecule has 2 N–H and O–H groups in total. The van der Waals surface area contributed by atoms with Crippen molar-refractivity contribution in [1.29, 1.82) is 0 Å². The van der Waals surface area contributed by atoms with Crippen molar-refractivity contribution < 1.29 is 8.78 Å². The quantitative estimate of drug-likeness (QED) is 0.702. The van der Waals surface area contributed by atoms with Crippen LogP contribution in [0, 0.1) is 5.92 Å². The lowest BCUT2D eigenvalue weighted by Gasteiger charge is -2.30. The van der Waals surface area contributed by atoms with Crippen molar-refractivity contribution in [2.75, 3.05) is 18.1 Å². The molecule has 1 rings (SSSR count). The highest BCUT2D eigenvalue weighted by Crippen LogP contribution is 2.38. The highest BCUT2D eigenvalue weighted by molar-refractivity contribution is 7.99. The molecule has 0 bridgehead atoms. The molecule has 0 saturated carbocycles. The fourth-order valence-electron chi connectivity index (χ4n) is 1.32. The molecular formula is C7H13F2NS. The van der Waals surface area contributed by atoms with Gasteiger partial charge in [0.15, 0.2) is 0 Å². The summed E-state index contributed by atoms with van der Waals surface area (Å²) in [7, 11) is 0. The van der Waals surface area contributed by atoms with E-state index in [1.165, 1.54) is 11.8 Å². The zero-order chi connectivity index (χ0) is 8.32. The van der Waals surface area contributed by atoms with Gasteiger partial charge in [-0.2, -0.15) is 11.8 Å². The van der Waals surface area contributed by atoms with Crippen LogP contribution < -0.4 is 5.73 Å². The summed E-state index contributed by atoms with van der Waals surface area (Å²) in [6.45, 7) is 0.380. The number of halogens is 2. The average Bonchev–Trinajstić information content (AvgIpc) is 1.94. The van der Waals surface area contributed by atoms with Crippen LogP contribution in [-0.4, -0.2) is 24.0 Å². The second kappa shape index (κ2) is 3.72. The number of thioether (sulfide) groups is 1. The fraction of sp³-hybridized carbons (Fsp3) is 1.00. The molecule has 0 aliphatic carbocycles. The molecule has 0 amide bonds. The topological polar surface area (TPSA) is 26.0 Å². The van der Waals surface area contributed by atoms with Gasteiger partial charge in [0.2, 0.25) is 0 Å². The summed E-state index contributed by atoms with van der Waals surface area (Å²) in [5.41, 5.74) is 5.24. The first-order chi connectivity index (χ1) is 5.17. The highest BCUT2D eigenvalue weighted by atomic mass is 32.2. The van der Waals surface area contributed by atoms with Crippen LogP contribution in [0.1, 0.15) is 12.8 Å². The molecule has 0 radical (unpaired) electrons. The van der Waals surface area contributed by atoms with Gasteiger partial charge in [-0.05, 0) is 25.1 Å². The molecule has 1 saturated heterocycles. The second-order valence-electron chi connectivity index (χ2n) is 2.88. The van der Waals surface area contributed by atoms with Gasteiger partial charge >= 0.3 is 0 Å². The number of hydrogen-bond acceptors (Lipinski definition) is 2. The lowest BCUT2D eigenvalue weighted by atomic mass is 9.95. The predicted molar refractivity (Wildman–Crippen MR) is 44.1 cm³/mol. The van der Waals surface area contributed by atoms with Gasteiger partial charge in [0.25, 0.3) is 5.92 Å². The van der Waals surface area contributed by atoms with E-state index in [4.69, 9.17) is 5.73 Å². The van der Waals surface area contributed by atoms with E-state index in [0.717, 1.165) is 5.75 Å². The number of alkyl halides is 2. The lowest BCUT2D eigenvalue weighted by Crippen LogP contribution is -2.36. The van der Waals surface area contributed by atoms with Crippen molar-refractivity contribution in [2.45, 2.75) is 18.8 Å². The molecule has 0 aromatic rings. The molecule has 1 unspecified atom stereocenters. The van der Waals surface area contributed by atoms with Crippen LogP contribution in [0.2, 0.25) is 0 Å². The maximum Gasteiger partial charge on any atom is 0.259 e. The van der Waals surface area contributed by atoms with Crippen molar-refractivity contribution >= 4 is 11.8 Å². The fourth-order valence-corrected chi connectivity index (χ4v) is 2.42. The van der Waals surface area contributed by atoms with Crippen LogP contribution >= 0.6 is 11.8 Å². The van der Waals surface area contributed by atoms with Gasteiger partial charge in [0, 0.05) is 5.92 Å². The summed E-state index contributed by atoms with van der Waals surface area (Å²) >= 11 is 1.34. The van der Waals surface area contributed by atoms with Crippen LogP contribution in [0.25, 0.3) is 0 Å². The Labute approximate surface area is 69.7 Å². The summed E-state index contributed by atoms with van der Waals surface area (Å²) in [4.78, 5) is 0. The van der Waals surface area contributed by atoms with E-state index in [-0.39, 0.29) is 5.75 Å². The molecule has 1 nitrogen and oxygen atoms in total. The van der Waals surface area contributed by atoms with Gasteiger partial charge in [-0.25, -0.2) is 8.78 Å². The Morgan fingerprint density at radius 2 is 2.27 bits per heavy atom. The third-order valence-electron chi connectivity index (χ3n) is 2.02. The minimum absolute atomic E-state index is 0.0162. The molecule has 0 spiro atoms. The van der Waals surface area contributed by atoms with E-state index in [1.807, 2.05) is 0 Å². The zero-order valence-electron chi connectivity index (χ0n) is 6.35. The highest BCUT2D eigenvalue weighted by Gasteiger charge is 2.40. The van der Waals surface area contributed by atoms with Crippen molar-refractivity contribution in [3.05, 3.63) is 0 Å². The van der Waals surface area contributed by atoms with Gasteiger partial charge in [0.1, 0.15) is 0 Å². The zero-order valence-corrected chi connectivity index (χ0v) is 7.17. The van der Waals surface area contributed by atoms with Gasteiger partial charge in [-0.15, -0.1) is 0 Å². The van der Waals surface area contributed by atoms with Gasteiger partial charge < -0.3 is 5.73 Å². The molecule has 11 heavy (non-hydrogen) atoms. The van der Waals surface area contributed by atoms with Gasteiger partial charge in [-0.3, -0.25) is 0 Å². The third kappa shape index (κ3) is 2.30. The van der Waals surface area contributed by atoms with Crippen LogP contribution in [0.15, 0.2) is 0 Å². The van der Waals surface area contributed by atoms with Crippen LogP contribution in [-0.2, 0) is 0 Å². The minimum atomic E-state index is -2.47. The van der Waals surface area contributed by atoms with E-state index in [2.05, 4.69) is 0 Å². The maximum atomic E-state index is 13.0. The van der Waals surface area contributed by atoms with E-state index in [0.29, 0.717) is 19.4 Å². The first kappa shape index (κ1) is 9.26. The molecule has 1 fully saturated rings. The molecule has 1 atom stereocenters. The Morgan fingerprint density at radius 1 is 1.55 bits per heavy atom. The minimum Gasteiger partial charge on any atom is -0.330 e. The average molecular weight is 181 g/mol. The molecule has 4 heteroatoms. The predicted octanol–water partition coefficient (Wildman–Crippen LogP) is 1.72. The summed E-state index contributed by atoms with van der Waals surface area (Å²) in [6.07, 6.45) is 1.09. The molecule has 0 aromatic heterocycles. The Morgan fingerprint density at radius 3 is 2.82 bits per heavy atom. The van der Waals surface area contributed by atoms with Gasteiger partial charge in [-0.1, -0.05) is 0 Å². The molecule has 0 aromatic carbocycles. The van der Waals surface area contributed by atoms with Crippen LogP contribution in [0.5, 0.6) is 0 Å². The maximum absolute atomic E-state index is 13.0. The van der Waals surface area contributed by atoms with Gasteiger partial charge in [0.05, 0.1) is 5.75 Å². The summed E-state index contributed by atoms with van der Waals surface area (Å²) in [6, 6.07) is 0. The Balaban J connectivity index is 2.45. The molecular weight excluding hydrogens is 168 g/mol. The molecule has 1 aliphatic rings. The standard InChI is InChI=1S/C7H13F2NS/c8-7(9)5-11-4-2-6(7)1-3-10/h6H,1-5,10H2. The van der Waals surface area contributed by atoms with E-state index >= 15 is 0 Å². The number of hydrogen-bond donors (Lipinski definition) is 1. The normalized spacial score (nSPS) is 30.3. The Hall–Kier alpha value is 0.170. The number of nitrogens with two attached hydrogens (primary N) is 1. The van der Waals surface area contributed by atoms with Crippen molar-refractivity contribution in [3.63, 3.8) is 0 Å².